The van der Waals surface area contributed by atoms with Crippen molar-refractivity contribution in [1.82, 2.24) is 0 Å². The summed E-state index contributed by atoms with van der Waals surface area (Å²) in [6, 6.07) is 5.44. The SMILES string of the molecule is CC(=O)OSCCOc1ccccc1OC(F)(F)F. The molecular weight excluding hydrogens is 285 g/mol. The molecule has 0 amide bonds. The Hall–Kier alpha value is -1.57. The highest BCUT2D eigenvalue weighted by Gasteiger charge is 2.32. The molecule has 0 unspecified atom stereocenters. The molecule has 1 aromatic carbocycles. The van der Waals surface area contributed by atoms with E-state index >= 15 is 0 Å². The molecule has 0 aromatic heterocycles. The number of rotatable bonds is 6. The normalized spacial score (nSPS) is 10.9. The number of carbonyl (C=O) groups excluding carboxylic acids is 1. The van der Waals surface area contributed by atoms with Crippen molar-refractivity contribution < 1.29 is 31.6 Å². The Morgan fingerprint density at radius 3 is 2.47 bits per heavy atom. The predicted molar refractivity (Wildman–Crippen MR) is 62.8 cm³/mol. The van der Waals surface area contributed by atoms with Crippen molar-refractivity contribution in [3.8, 4) is 11.5 Å². The zero-order valence-electron chi connectivity index (χ0n) is 9.90. The Labute approximate surface area is 112 Å². The van der Waals surface area contributed by atoms with Crippen molar-refractivity contribution in [2.45, 2.75) is 13.3 Å². The smallest absolute Gasteiger partial charge is 0.489 e. The van der Waals surface area contributed by atoms with Gasteiger partial charge in [0.2, 0.25) is 0 Å². The van der Waals surface area contributed by atoms with Crippen LogP contribution in [0.1, 0.15) is 6.92 Å². The Kier molecular flexibility index (Phi) is 5.81. The third kappa shape index (κ3) is 6.80. The lowest BCUT2D eigenvalue weighted by Crippen LogP contribution is -2.18. The van der Waals surface area contributed by atoms with Gasteiger partial charge in [0.15, 0.2) is 11.5 Å². The summed E-state index contributed by atoms with van der Waals surface area (Å²) in [6.07, 6.45) is -4.77. The maximum atomic E-state index is 12.1. The van der Waals surface area contributed by atoms with Crippen LogP contribution < -0.4 is 9.47 Å². The van der Waals surface area contributed by atoms with Crippen molar-refractivity contribution >= 4 is 18.0 Å². The minimum atomic E-state index is -4.77. The lowest BCUT2D eigenvalue weighted by Gasteiger charge is -2.13. The minimum absolute atomic E-state index is 0.0248. The van der Waals surface area contributed by atoms with Crippen LogP contribution in [-0.4, -0.2) is 24.7 Å². The summed E-state index contributed by atoms with van der Waals surface area (Å²) < 4.78 is 49.9. The van der Waals surface area contributed by atoms with E-state index in [9.17, 15) is 18.0 Å². The van der Waals surface area contributed by atoms with Gasteiger partial charge in [0.1, 0.15) is 6.61 Å². The molecule has 1 aromatic rings. The van der Waals surface area contributed by atoms with Gasteiger partial charge in [0.05, 0.1) is 17.8 Å². The number of halogens is 3. The molecule has 4 nitrogen and oxygen atoms in total. The van der Waals surface area contributed by atoms with Gasteiger partial charge in [-0.15, -0.1) is 13.2 Å². The van der Waals surface area contributed by atoms with Crippen molar-refractivity contribution in [1.29, 1.82) is 0 Å². The lowest BCUT2D eigenvalue weighted by molar-refractivity contribution is -0.275. The molecule has 106 valence electrons. The molecule has 0 fully saturated rings. The lowest BCUT2D eigenvalue weighted by atomic mass is 10.3. The monoisotopic (exact) mass is 296 g/mol. The van der Waals surface area contributed by atoms with Gasteiger partial charge in [-0.2, -0.15) is 0 Å². The van der Waals surface area contributed by atoms with Crippen molar-refractivity contribution in [2.75, 3.05) is 12.4 Å². The molecule has 8 heteroatoms. The highest BCUT2D eigenvalue weighted by molar-refractivity contribution is 7.95. The van der Waals surface area contributed by atoms with Gasteiger partial charge in [-0.05, 0) is 12.1 Å². The zero-order valence-corrected chi connectivity index (χ0v) is 10.7. The second-order valence-electron chi connectivity index (χ2n) is 3.24. The van der Waals surface area contributed by atoms with Crippen LogP contribution in [0, 0.1) is 0 Å². The number of carbonyl (C=O) groups is 1. The summed E-state index contributed by atoms with van der Waals surface area (Å²) in [5.41, 5.74) is 0. The Balaban J connectivity index is 2.47. The van der Waals surface area contributed by atoms with Gasteiger partial charge in [0, 0.05) is 6.92 Å². The molecule has 0 aliphatic rings. The highest BCUT2D eigenvalue weighted by Crippen LogP contribution is 2.31. The fourth-order valence-corrected chi connectivity index (χ4v) is 1.49. The number of hydrogen-bond donors (Lipinski definition) is 0. The van der Waals surface area contributed by atoms with Gasteiger partial charge in [-0.1, -0.05) is 12.1 Å². The predicted octanol–water partition coefficient (Wildman–Crippen LogP) is 3.18. The molecule has 0 aliphatic carbocycles. The summed E-state index contributed by atoms with van der Waals surface area (Å²) >= 11 is 0.862. The van der Waals surface area contributed by atoms with Crippen LogP contribution in [0.15, 0.2) is 24.3 Å². The van der Waals surface area contributed by atoms with E-state index in [0.717, 1.165) is 18.1 Å². The average Bonchev–Trinajstić information content (AvgIpc) is 2.28. The Morgan fingerprint density at radius 2 is 1.89 bits per heavy atom. The van der Waals surface area contributed by atoms with E-state index in [4.69, 9.17) is 4.74 Å². The molecule has 0 spiro atoms. The molecule has 0 saturated carbocycles. The third-order valence-corrected chi connectivity index (χ3v) is 2.36. The topological polar surface area (TPSA) is 44.8 Å². The average molecular weight is 296 g/mol. The highest BCUT2D eigenvalue weighted by atomic mass is 32.2. The van der Waals surface area contributed by atoms with Gasteiger partial charge in [-0.25, -0.2) is 0 Å². The fourth-order valence-electron chi connectivity index (χ4n) is 1.09. The molecule has 19 heavy (non-hydrogen) atoms. The largest absolute Gasteiger partial charge is 0.573 e. The van der Waals surface area contributed by atoms with E-state index < -0.39 is 18.1 Å². The number of benzene rings is 1. The van der Waals surface area contributed by atoms with E-state index in [1.165, 1.54) is 25.1 Å². The van der Waals surface area contributed by atoms with Crippen molar-refractivity contribution in [3.05, 3.63) is 24.3 Å². The molecule has 1 rings (SSSR count). The van der Waals surface area contributed by atoms with Crippen molar-refractivity contribution in [3.63, 3.8) is 0 Å². The minimum Gasteiger partial charge on any atom is -0.489 e. The van der Waals surface area contributed by atoms with Crippen LogP contribution in [0.5, 0.6) is 11.5 Å². The summed E-state index contributed by atoms with van der Waals surface area (Å²) in [5.74, 6) is -0.596. The molecule has 0 aliphatic heterocycles. The van der Waals surface area contributed by atoms with Crippen LogP contribution in [0.2, 0.25) is 0 Å². The maximum absolute atomic E-state index is 12.1. The van der Waals surface area contributed by atoms with E-state index in [0.29, 0.717) is 5.75 Å². The second-order valence-corrected chi connectivity index (χ2v) is 4.05. The van der Waals surface area contributed by atoms with E-state index in [-0.39, 0.29) is 12.4 Å². The first-order chi connectivity index (χ1) is 8.88. The second kappa shape index (κ2) is 7.13. The summed E-state index contributed by atoms with van der Waals surface area (Å²) in [6.45, 7) is 1.33. The van der Waals surface area contributed by atoms with E-state index in [1.54, 1.807) is 0 Å². The first-order valence-corrected chi connectivity index (χ1v) is 6.07. The number of ether oxygens (including phenoxy) is 2. The first kappa shape index (κ1) is 15.5. The molecular formula is C11H11F3O4S. The Morgan fingerprint density at radius 1 is 1.26 bits per heavy atom. The van der Waals surface area contributed by atoms with Crippen LogP contribution in [0.4, 0.5) is 13.2 Å². The number of alkyl halides is 3. The molecule has 0 saturated heterocycles. The van der Waals surface area contributed by atoms with Crippen LogP contribution in [-0.2, 0) is 8.98 Å². The van der Waals surface area contributed by atoms with E-state index in [1.807, 2.05) is 0 Å². The standard InChI is InChI=1S/C11H11F3O4S/c1-8(15)18-19-7-6-16-9-4-2-3-5-10(9)17-11(12,13)14/h2-5H,6-7H2,1H3. The Bertz CT molecular complexity index is 423. The maximum Gasteiger partial charge on any atom is 0.573 e. The van der Waals surface area contributed by atoms with Crippen molar-refractivity contribution in [2.24, 2.45) is 0 Å². The van der Waals surface area contributed by atoms with Crippen LogP contribution in [0.3, 0.4) is 0 Å². The summed E-state index contributed by atoms with van der Waals surface area (Å²) in [7, 11) is 0. The molecule has 0 N–H and O–H groups in total. The van der Waals surface area contributed by atoms with Gasteiger partial charge < -0.3 is 13.7 Å². The van der Waals surface area contributed by atoms with Gasteiger partial charge >= 0.3 is 12.3 Å². The fraction of sp³-hybridized carbons (Fsp3) is 0.364. The van der Waals surface area contributed by atoms with Gasteiger partial charge in [-0.3, -0.25) is 4.79 Å². The quantitative estimate of drug-likeness (QED) is 0.596. The number of para-hydroxylation sites is 2. The molecule has 0 radical (unpaired) electrons. The van der Waals surface area contributed by atoms with E-state index in [2.05, 4.69) is 8.92 Å². The molecule has 0 atom stereocenters. The summed E-state index contributed by atoms with van der Waals surface area (Å²) in [5, 5.41) is 0. The number of hydrogen-bond acceptors (Lipinski definition) is 5. The zero-order chi connectivity index (χ0) is 14.3. The van der Waals surface area contributed by atoms with Crippen LogP contribution >= 0.6 is 12.0 Å². The molecule has 0 heterocycles. The van der Waals surface area contributed by atoms with Gasteiger partial charge in [0.25, 0.3) is 0 Å². The summed E-state index contributed by atoms with van der Waals surface area (Å²) in [4.78, 5) is 10.5. The third-order valence-electron chi connectivity index (χ3n) is 1.68. The molecule has 0 bridgehead atoms. The van der Waals surface area contributed by atoms with Crippen LogP contribution in [0.25, 0.3) is 0 Å². The first-order valence-electron chi connectivity index (χ1n) is 5.16.